The monoisotopic (exact) mass is 367 g/mol. The Bertz CT molecular complexity index is 858. The molecule has 6 heteroatoms. The van der Waals surface area contributed by atoms with Crippen LogP contribution >= 0.6 is 0 Å². The Kier molecular flexibility index (Phi) is 4.56. The number of anilines is 1. The van der Waals surface area contributed by atoms with Crippen LogP contribution in [0.3, 0.4) is 0 Å². The molecule has 0 saturated carbocycles. The van der Waals surface area contributed by atoms with Gasteiger partial charge >= 0.3 is 6.03 Å². The molecule has 4 rings (SSSR count). The van der Waals surface area contributed by atoms with Crippen molar-refractivity contribution in [3.63, 3.8) is 0 Å². The lowest BCUT2D eigenvalue weighted by molar-refractivity contribution is -0.117. The molecule has 2 aromatic rings. The van der Waals surface area contributed by atoms with Gasteiger partial charge < -0.3 is 15.1 Å². The Morgan fingerprint density at radius 3 is 2.70 bits per heavy atom. The number of urea groups is 1. The molecule has 0 aromatic heterocycles. The maximum absolute atomic E-state index is 13.5. The number of rotatable bonds is 3. The maximum atomic E-state index is 13.5. The van der Waals surface area contributed by atoms with Crippen molar-refractivity contribution in [1.29, 1.82) is 0 Å². The minimum Gasteiger partial charge on any atom is -0.334 e. The van der Waals surface area contributed by atoms with Crippen LogP contribution in [-0.4, -0.2) is 36.5 Å². The van der Waals surface area contributed by atoms with Gasteiger partial charge in [-0.3, -0.25) is 4.79 Å². The van der Waals surface area contributed by atoms with Gasteiger partial charge in [-0.05, 0) is 30.2 Å². The summed E-state index contributed by atoms with van der Waals surface area (Å²) in [6.07, 6.45) is 1.18. The molecule has 140 valence electrons. The van der Waals surface area contributed by atoms with E-state index in [0.717, 1.165) is 12.0 Å². The summed E-state index contributed by atoms with van der Waals surface area (Å²) in [4.78, 5) is 28.5. The fourth-order valence-electron chi connectivity index (χ4n) is 4.04. The third kappa shape index (κ3) is 3.65. The van der Waals surface area contributed by atoms with E-state index in [0.29, 0.717) is 38.3 Å². The SMILES string of the molecule is O=C(NCc1ccccc1)N1CC[C@@]2(CC(=O)N(c3cccc(F)c3)C2)C1. The van der Waals surface area contributed by atoms with E-state index in [1.165, 1.54) is 12.1 Å². The van der Waals surface area contributed by atoms with Crippen LogP contribution in [0, 0.1) is 11.2 Å². The van der Waals surface area contributed by atoms with Crippen molar-refractivity contribution in [2.45, 2.75) is 19.4 Å². The first-order valence-corrected chi connectivity index (χ1v) is 9.17. The summed E-state index contributed by atoms with van der Waals surface area (Å²) in [7, 11) is 0. The second-order valence-electron chi connectivity index (χ2n) is 7.45. The molecule has 0 bridgehead atoms. The van der Waals surface area contributed by atoms with Gasteiger partial charge in [-0.15, -0.1) is 0 Å². The number of carbonyl (C=O) groups excluding carboxylic acids is 2. The lowest BCUT2D eigenvalue weighted by atomic mass is 9.86. The maximum Gasteiger partial charge on any atom is 0.317 e. The third-order valence-corrected chi connectivity index (χ3v) is 5.45. The van der Waals surface area contributed by atoms with Crippen molar-refractivity contribution >= 4 is 17.6 Å². The molecular weight excluding hydrogens is 345 g/mol. The van der Waals surface area contributed by atoms with Crippen LogP contribution in [0.15, 0.2) is 54.6 Å². The van der Waals surface area contributed by atoms with Crippen molar-refractivity contribution in [2.24, 2.45) is 5.41 Å². The van der Waals surface area contributed by atoms with E-state index in [2.05, 4.69) is 5.32 Å². The number of hydrogen-bond acceptors (Lipinski definition) is 2. The smallest absolute Gasteiger partial charge is 0.317 e. The van der Waals surface area contributed by atoms with E-state index in [1.54, 1.807) is 21.9 Å². The molecule has 2 aliphatic heterocycles. The molecule has 2 saturated heterocycles. The zero-order valence-electron chi connectivity index (χ0n) is 15.0. The molecule has 5 nitrogen and oxygen atoms in total. The molecule has 27 heavy (non-hydrogen) atoms. The van der Waals surface area contributed by atoms with Gasteiger partial charge in [-0.1, -0.05) is 36.4 Å². The number of likely N-dealkylation sites (tertiary alicyclic amines) is 1. The Labute approximate surface area is 157 Å². The lowest BCUT2D eigenvalue weighted by Gasteiger charge is -2.24. The van der Waals surface area contributed by atoms with Crippen LogP contribution in [0.1, 0.15) is 18.4 Å². The Balaban J connectivity index is 1.38. The number of nitrogens with zero attached hydrogens (tertiary/aromatic N) is 2. The number of benzene rings is 2. The van der Waals surface area contributed by atoms with Crippen LogP contribution in [0.25, 0.3) is 0 Å². The number of halogens is 1. The number of carbonyl (C=O) groups is 2. The highest BCUT2D eigenvalue weighted by atomic mass is 19.1. The molecule has 0 aliphatic carbocycles. The molecule has 3 amide bonds. The Hall–Kier alpha value is -2.89. The second-order valence-corrected chi connectivity index (χ2v) is 7.45. The van der Waals surface area contributed by atoms with E-state index in [-0.39, 0.29) is 23.2 Å². The summed E-state index contributed by atoms with van der Waals surface area (Å²) < 4.78 is 13.5. The van der Waals surface area contributed by atoms with E-state index in [9.17, 15) is 14.0 Å². The van der Waals surface area contributed by atoms with Gasteiger partial charge in [0, 0.05) is 43.7 Å². The summed E-state index contributed by atoms with van der Waals surface area (Å²) in [5, 5.41) is 2.95. The Morgan fingerprint density at radius 2 is 1.93 bits per heavy atom. The van der Waals surface area contributed by atoms with E-state index >= 15 is 0 Å². The Morgan fingerprint density at radius 1 is 1.11 bits per heavy atom. The largest absolute Gasteiger partial charge is 0.334 e. The molecule has 2 aliphatic rings. The van der Waals surface area contributed by atoms with Gasteiger partial charge in [0.2, 0.25) is 5.91 Å². The van der Waals surface area contributed by atoms with Crippen LogP contribution in [0.2, 0.25) is 0 Å². The first-order valence-electron chi connectivity index (χ1n) is 9.17. The fourth-order valence-corrected chi connectivity index (χ4v) is 4.04. The van der Waals surface area contributed by atoms with Crippen LogP contribution in [0.5, 0.6) is 0 Å². The quantitative estimate of drug-likeness (QED) is 0.906. The zero-order valence-corrected chi connectivity index (χ0v) is 15.0. The van der Waals surface area contributed by atoms with Gasteiger partial charge in [-0.2, -0.15) is 0 Å². The molecular formula is C21H22FN3O2. The van der Waals surface area contributed by atoms with Gasteiger partial charge in [0.25, 0.3) is 0 Å². The number of amides is 3. The predicted octanol–water partition coefficient (Wildman–Crippen LogP) is 3.16. The fraction of sp³-hybridized carbons (Fsp3) is 0.333. The minimum atomic E-state index is -0.352. The van der Waals surface area contributed by atoms with Crippen LogP contribution < -0.4 is 10.2 Å². The second kappa shape index (κ2) is 7.02. The van der Waals surface area contributed by atoms with Crippen molar-refractivity contribution in [3.8, 4) is 0 Å². The summed E-state index contributed by atoms with van der Waals surface area (Å²) in [5.74, 6) is -0.360. The average molecular weight is 367 g/mol. The van der Waals surface area contributed by atoms with Crippen molar-refractivity contribution < 1.29 is 14.0 Å². The first-order chi connectivity index (χ1) is 13.0. The standard InChI is InChI=1S/C21H22FN3O2/c22-17-7-4-8-18(11-17)25-15-21(12-19(25)26)9-10-24(14-21)20(27)23-13-16-5-2-1-3-6-16/h1-8,11H,9-10,12-15H2,(H,23,27)/t21-/m1/s1. The van der Waals surface area contributed by atoms with Gasteiger partial charge in [0.1, 0.15) is 5.82 Å². The molecule has 1 spiro atoms. The predicted molar refractivity (Wildman–Crippen MR) is 101 cm³/mol. The number of hydrogen-bond donors (Lipinski definition) is 1. The van der Waals surface area contributed by atoms with Gasteiger partial charge in [0.05, 0.1) is 0 Å². The molecule has 0 radical (unpaired) electrons. The van der Waals surface area contributed by atoms with Crippen molar-refractivity contribution in [3.05, 3.63) is 66.0 Å². The summed E-state index contributed by atoms with van der Waals surface area (Å²) >= 11 is 0. The summed E-state index contributed by atoms with van der Waals surface area (Å²) in [6, 6.07) is 15.8. The topological polar surface area (TPSA) is 52.7 Å². The van der Waals surface area contributed by atoms with Crippen molar-refractivity contribution in [2.75, 3.05) is 24.5 Å². The van der Waals surface area contributed by atoms with Gasteiger partial charge in [-0.25, -0.2) is 9.18 Å². The van der Waals surface area contributed by atoms with Crippen molar-refractivity contribution in [1.82, 2.24) is 10.2 Å². The number of nitrogens with one attached hydrogen (secondary N) is 1. The molecule has 1 atom stereocenters. The van der Waals surface area contributed by atoms with Crippen LogP contribution in [-0.2, 0) is 11.3 Å². The highest BCUT2D eigenvalue weighted by Gasteiger charge is 2.48. The highest BCUT2D eigenvalue weighted by molar-refractivity contribution is 5.96. The third-order valence-electron chi connectivity index (χ3n) is 5.45. The van der Waals surface area contributed by atoms with E-state index in [1.807, 2.05) is 30.3 Å². The highest BCUT2D eigenvalue weighted by Crippen LogP contribution is 2.41. The lowest BCUT2D eigenvalue weighted by Crippen LogP contribution is -2.40. The molecule has 0 unspecified atom stereocenters. The molecule has 2 fully saturated rings. The molecule has 1 N–H and O–H groups in total. The van der Waals surface area contributed by atoms with Gasteiger partial charge in [0.15, 0.2) is 0 Å². The summed E-state index contributed by atoms with van der Waals surface area (Å²) in [6.45, 7) is 2.19. The molecule has 2 heterocycles. The first kappa shape index (κ1) is 17.5. The minimum absolute atomic E-state index is 0.00727. The zero-order chi connectivity index (χ0) is 18.9. The normalized spacial score (nSPS) is 21.9. The average Bonchev–Trinajstić information content (AvgIpc) is 3.23. The van der Waals surface area contributed by atoms with E-state index in [4.69, 9.17) is 0 Å². The molecule has 2 aromatic carbocycles. The van der Waals surface area contributed by atoms with Crippen LogP contribution in [0.4, 0.5) is 14.9 Å². The summed E-state index contributed by atoms with van der Waals surface area (Å²) in [5.41, 5.74) is 1.39. The van der Waals surface area contributed by atoms with E-state index < -0.39 is 0 Å².